The minimum atomic E-state index is -0.138. The lowest BCUT2D eigenvalue weighted by Gasteiger charge is -2.14. The van der Waals surface area contributed by atoms with Gasteiger partial charge >= 0.3 is 0 Å². The Bertz CT molecular complexity index is 551. The van der Waals surface area contributed by atoms with Gasteiger partial charge in [0, 0.05) is 31.2 Å². The lowest BCUT2D eigenvalue weighted by atomic mass is 10.1. The predicted octanol–water partition coefficient (Wildman–Crippen LogP) is 0.166. The van der Waals surface area contributed by atoms with Crippen molar-refractivity contribution in [2.45, 2.75) is 12.6 Å². The molecular weight excluding hydrogens is 260 g/mol. The average Bonchev–Trinajstić information content (AvgIpc) is 2.85. The Morgan fingerprint density at radius 3 is 2.50 bits per heavy atom. The van der Waals surface area contributed by atoms with Crippen LogP contribution in [0.5, 0.6) is 0 Å². The fraction of sp³-hybridized carbons (Fsp3) is 0.417. The minimum absolute atomic E-state index is 0.138. The molecule has 0 saturated carbocycles. The van der Waals surface area contributed by atoms with Crippen LogP contribution in [0.2, 0.25) is 0 Å². The lowest BCUT2D eigenvalue weighted by Crippen LogP contribution is -2.25. The normalized spacial score (nSPS) is 12.5. The van der Waals surface area contributed by atoms with Crippen LogP contribution in [0.3, 0.4) is 0 Å². The van der Waals surface area contributed by atoms with Gasteiger partial charge in [0.25, 0.3) is 0 Å². The molecule has 1 aromatic heterocycles. The molecule has 0 aliphatic heterocycles. The molecule has 0 saturated heterocycles. The number of methoxy groups -OCH3 is 2. The minimum Gasteiger partial charge on any atom is -0.399 e. The number of nitrogen functional groups attached to an aromatic ring is 2. The summed E-state index contributed by atoms with van der Waals surface area (Å²) >= 11 is 0. The van der Waals surface area contributed by atoms with Crippen LogP contribution in [0.4, 0.5) is 11.4 Å². The van der Waals surface area contributed by atoms with Gasteiger partial charge in [0.1, 0.15) is 6.10 Å². The molecule has 8 heteroatoms. The maximum Gasteiger partial charge on any atom is 0.182 e. The summed E-state index contributed by atoms with van der Waals surface area (Å²) in [5.74, 6) is 0.585. The van der Waals surface area contributed by atoms with Gasteiger partial charge in [-0.05, 0) is 28.6 Å². The van der Waals surface area contributed by atoms with Gasteiger partial charge in [0.2, 0.25) is 0 Å². The molecular formula is C12H18N6O2. The fourth-order valence-electron chi connectivity index (χ4n) is 1.91. The van der Waals surface area contributed by atoms with E-state index in [-0.39, 0.29) is 6.10 Å². The van der Waals surface area contributed by atoms with Crippen molar-refractivity contribution in [2.24, 2.45) is 0 Å². The first-order chi connectivity index (χ1) is 9.63. The monoisotopic (exact) mass is 278 g/mol. The Balaban J connectivity index is 2.27. The number of nitrogens with two attached hydrogens (primary N) is 2. The highest BCUT2D eigenvalue weighted by Crippen LogP contribution is 2.22. The number of aromatic nitrogens is 4. The molecule has 0 aliphatic rings. The molecule has 0 fully saturated rings. The number of nitrogens with zero attached hydrogens (tertiary/aromatic N) is 4. The molecule has 0 spiro atoms. The molecule has 108 valence electrons. The topological polar surface area (TPSA) is 114 Å². The Hall–Kier alpha value is -2.19. The van der Waals surface area contributed by atoms with Crippen molar-refractivity contribution < 1.29 is 9.47 Å². The van der Waals surface area contributed by atoms with E-state index in [1.807, 2.05) is 0 Å². The summed E-state index contributed by atoms with van der Waals surface area (Å²) in [6.45, 7) is 0.927. The first kappa shape index (κ1) is 14.2. The second-order valence-electron chi connectivity index (χ2n) is 4.39. The molecule has 2 aromatic rings. The van der Waals surface area contributed by atoms with Crippen molar-refractivity contribution >= 4 is 11.4 Å². The van der Waals surface area contributed by atoms with Crippen LogP contribution in [-0.4, -0.2) is 47.1 Å². The number of hydrogen-bond acceptors (Lipinski definition) is 7. The summed E-state index contributed by atoms with van der Waals surface area (Å²) in [6.07, 6.45) is -0.138. The number of tetrazole rings is 1. The van der Waals surface area contributed by atoms with E-state index in [0.717, 1.165) is 5.56 Å². The van der Waals surface area contributed by atoms with Crippen LogP contribution in [0.1, 0.15) is 0 Å². The molecule has 2 rings (SSSR count). The van der Waals surface area contributed by atoms with E-state index >= 15 is 0 Å². The third-order valence-electron chi connectivity index (χ3n) is 2.83. The van der Waals surface area contributed by atoms with Gasteiger partial charge in [-0.15, -0.1) is 5.10 Å². The largest absolute Gasteiger partial charge is 0.399 e. The molecule has 1 atom stereocenters. The first-order valence-electron chi connectivity index (χ1n) is 6.08. The van der Waals surface area contributed by atoms with E-state index in [0.29, 0.717) is 30.4 Å². The van der Waals surface area contributed by atoms with Crippen molar-refractivity contribution in [3.05, 3.63) is 18.2 Å². The third-order valence-corrected chi connectivity index (χ3v) is 2.83. The van der Waals surface area contributed by atoms with Crippen LogP contribution >= 0.6 is 0 Å². The Labute approximate surface area is 116 Å². The maximum atomic E-state index is 5.79. The molecule has 1 heterocycles. The molecule has 4 N–H and O–H groups in total. The predicted molar refractivity (Wildman–Crippen MR) is 74.8 cm³/mol. The maximum absolute atomic E-state index is 5.79. The number of rotatable bonds is 6. The zero-order chi connectivity index (χ0) is 14.5. The average molecular weight is 278 g/mol. The van der Waals surface area contributed by atoms with E-state index in [2.05, 4.69) is 15.5 Å². The van der Waals surface area contributed by atoms with Crippen LogP contribution < -0.4 is 11.5 Å². The van der Waals surface area contributed by atoms with Crippen LogP contribution in [0.15, 0.2) is 18.2 Å². The summed E-state index contributed by atoms with van der Waals surface area (Å²) in [5, 5.41) is 11.7. The van der Waals surface area contributed by atoms with E-state index in [1.54, 1.807) is 37.1 Å². The molecule has 8 nitrogen and oxygen atoms in total. The Kier molecular flexibility index (Phi) is 4.49. The van der Waals surface area contributed by atoms with Gasteiger partial charge in [0.15, 0.2) is 5.82 Å². The quantitative estimate of drug-likeness (QED) is 0.723. The third kappa shape index (κ3) is 3.22. The molecule has 0 radical (unpaired) electrons. The van der Waals surface area contributed by atoms with Crippen LogP contribution in [0, 0.1) is 0 Å². The zero-order valence-electron chi connectivity index (χ0n) is 11.5. The van der Waals surface area contributed by atoms with Crippen LogP contribution in [-0.2, 0) is 16.0 Å². The molecule has 0 aliphatic carbocycles. The summed E-state index contributed by atoms with van der Waals surface area (Å²) in [5.41, 5.74) is 13.5. The number of hydrogen-bond donors (Lipinski definition) is 2. The fourth-order valence-corrected chi connectivity index (χ4v) is 1.91. The molecule has 1 aromatic carbocycles. The zero-order valence-corrected chi connectivity index (χ0v) is 11.5. The van der Waals surface area contributed by atoms with Gasteiger partial charge in [-0.1, -0.05) is 0 Å². The van der Waals surface area contributed by atoms with Gasteiger partial charge in [0.05, 0.1) is 13.2 Å². The second-order valence-corrected chi connectivity index (χ2v) is 4.39. The van der Waals surface area contributed by atoms with Gasteiger partial charge in [-0.3, -0.25) is 0 Å². The highest BCUT2D eigenvalue weighted by Gasteiger charge is 2.15. The van der Waals surface area contributed by atoms with Crippen molar-refractivity contribution in [1.82, 2.24) is 20.2 Å². The highest BCUT2D eigenvalue weighted by molar-refractivity contribution is 5.67. The molecule has 1 unspecified atom stereocenters. The van der Waals surface area contributed by atoms with E-state index < -0.39 is 0 Å². The molecule has 20 heavy (non-hydrogen) atoms. The lowest BCUT2D eigenvalue weighted by molar-refractivity contribution is 0.0163. The Morgan fingerprint density at radius 2 is 1.90 bits per heavy atom. The summed E-state index contributed by atoms with van der Waals surface area (Å²) in [6, 6.07) is 5.23. The number of anilines is 2. The van der Waals surface area contributed by atoms with Gasteiger partial charge < -0.3 is 20.9 Å². The summed E-state index contributed by atoms with van der Waals surface area (Å²) in [7, 11) is 3.23. The number of benzene rings is 1. The van der Waals surface area contributed by atoms with Crippen molar-refractivity contribution in [3.8, 4) is 11.4 Å². The smallest absolute Gasteiger partial charge is 0.182 e. The first-order valence-corrected chi connectivity index (χ1v) is 6.08. The highest BCUT2D eigenvalue weighted by atomic mass is 16.5. The van der Waals surface area contributed by atoms with Crippen molar-refractivity contribution in [1.29, 1.82) is 0 Å². The second kappa shape index (κ2) is 6.31. The summed E-state index contributed by atoms with van der Waals surface area (Å²) < 4.78 is 12.0. The standard InChI is InChI=1S/C12H18N6O2/c1-19-7-11(20-2)6-18-12(15-16-17-18)8-3-9(13)5-10(14)4-8/h3-5,11H,6-7,13-14H2,1-2H3. The van der Waals surface area contributed by atoms with E-state index in [1.165, 1.54) is 0 Å². The van der Waals surface area contributed by atoms with Crippen molar-refractivity contribution in [3.63, 3.8) is 0 Å². The van der Waals surface area contributed by atoms with Crippen LogP contribution in [0.25, 0.3) is 11.4 Å². The molecule has 0 amide bonds. The summed E-state index contributed by atoms with van der Waals surface area (Å²) in [4.78, 5) is 0. The number of ether oxygens (including phenoxy) is 2. The SMILES string of the molecule is COCC(Cn1nnnc1-c1cc(N)cc(N)c1)OC. The Morgan fingerprint density at radius 1 is 1.20 bits per heavy atom. The van der Waals surface area contributed by atoms with E-state index in [4.69, 9.17) is 20.9 Å². The molecule has 0 bridgehead atoms. The van der Waals surface area contributed by atoms with Crippen molar-refractivity contribution in [2.75, 3.05) is 32.3 Å². The van der Waals surface area contributed by atoms with Gasteiger partial charge in [-0.2, -0.15) is 0 Å². The van der Waals surface area contributed by atoms with E-state index in [9.17, 15) is 0 Å². The van der Waals surface area contributed by atoms with Gasteiger partial charge in [-0.25, -0.2) is 4.68 Å².